The van der Waals surface area contributed by atoms with Crippen molar-refractivity contribution in [2.75, 3.05) is 25.5 Å². The van der Waals surface area contributed by atoms with Crippen molar-refractivity contribution in [3.63, 3.8) is 0 Å². The van der Waals surface area contributed by atoms with Crippen LogP contribution in [0.25, 0.3) is 0 Å². The number of anilines is 1. The molecule has 130 valence electrons. The van der Waals surface area contributed by atoms with Crippen molar-refractivity contribution >= 4 is 15.8 Å². The summed E-state index contributed by atoms with van der Waals surface area (Å²) >= 11 is 0. The lowest BCUT2D eigenvalue weighted by Crippen LogP contribution is -2.30. The Hall–Kier alpha value is -2.12. The summed E-state index contributed by atoms with van der Waals surface area (Å²) in [6.45, 7) is 5.05. The molecule has 1 N–H and O–H groups in total. The summed E-state index contributed by atoms with van der Waals surface area (Å²) in [5.74, 6) is 1.41. The van der Waals surface area contributed by atoms with E-state index in [1.807, 2.05) is 38.1 Å². The van der Waals surface area contributed by atoms with E-state index < -0.39 is 10.0 Å². The summed E-state index contributed by atoms with van der Waals surface area (Å²) in [5.41, 5.74) is 1.00. The van der Waals surface area contributed by atoms with E-state index in [9.17, 15) is 8.42 Å². The van der Waals surface area contributed by atoms with Crippen LogP contribution in [0.3, 0.4) is 0 Å². The van der Waals surface area contributed by atoms with E-state index in [2.05, 4.69) is 10.3 Å². The van der Waals surface area contributed by atoms with Crippen molar-refractivity contribution in [1.82, 2.24) is 9.29 Å². The molecule has 0 fully saturated rings. The van der Waals surface area contributed by atoms with E-state index in [0.717, 1.165) is 11.3 Å². The largest absolute Gasteiger partial charge is 0.496 e. The number of hydrogen-bond donors (Lipinski definition) is 1. The molecule has 0 saturated carbocycles. The fourth-order valence-electron chi connectivity index (χ4n) is 2.38. The van der Waals surface area contributed by atoms with Gasteiger partial charge in [0.05, 0.1) is 7.11 Å². The molecule has 2 rings (SSSR count). The maximum absolute atomic E-state index is 12.4. The van der Waals surface area contributed by atoms with Crippen LogP contribution in [0.5, 0.6) is 5.75 Å². The van der Waals surface area contributed by atoms with Gasteiger partial charge in [0.1, 0.15) is 16.5 Å². The van der Waals surface area contributed by atoms with Crippen LogP contribution in [0, 0.1) is 0 Å². The second-order valence-corrected chi connectivity index (χ2v) is 7.07. The van der Waals surface area contributed by atoms with Crippen molar-refractivity contribution in [3.05, 3.63) is 48.2 Å². The number of aromatic nitrogens is 1. The number of nitrogens with one attached hydrogen (secondary N) is 1. The Morgan fingerprint density at radius 2 is 1.83 bits per heavy atom. The molecule has 0 aliphatic carbocycles. The monoisotopic (exact) mass is 349 g/mol. The summed E-state index contributed by atoms with van der Waals surface area (Å²) in [7, 11) is -1.84. The zero-order valence-electron chi connectivity index (χ0n) is 14.2. The standard InChI is InChI=1S/C17H23N3O3S/c1-4-20(5-2)24(21,22)15-10-11-17(19-13-15)18-12-14-8-6-7-9-16(14)23-3/h6-11,13H,4-5,12H2,1-3H3,(H,18,19). The van der Waals surface area contributed by atoms with Crippen LogP contribution >= 0.6 is 0 Å². The second kappa shape index (κ2) is 8.12. The Morgan fingerprint density at radius 3 is 2.42 bits per heavy atom. The highest BCUT2D eigenvalue weighted by molar-refractivity contribution is 7.89. The Labute approximate surface area is 143 Å². The third-order valence-corrected chi connectivity index (χ3v) is 5.77. The Kier molecular flexibility index (Phi) is 6.16. The van der Waals surface area contributed by atoms with Gasteiger partial charge in [0.15, 0.2) is 0 Å². The highest BCUT2D eigenvalue weighted by Crippen LogP contribution is 2.19. The van der Waals surface area contributed by atoms with E-state index in [1.165, 1.54) is 10.5 Å². The molecule has 0 atom stereocenters. The van der Waals surface area contributed by atoms with Crippen molar-refractivity contribution in [2.24, 2.45) is 0 Å². The molecule has 6 nitrogen and oxygen atoms in total. The molecular formula is C17H23N3O3S. The van der Waals surface area contributed by atoms with Crippen molar-refractivity contribution in [1.29, 1.82) is 0 Å². The number of sulfonamides is 1. The number of pyridine rings is 1. The van der Waals surface area contributed by atoms with Crippen molar-refractivity contribution < 1.29 is 13.2 Å². The molecule has 24 heavy (non-hydrogen) atoms. The first-order valence-corrected chi connectivity index (χ1v) is 9.28. The molecule has 1 heterocycles. The molecule has 7 heteroatoms. The van der Waals surface area contributed by atoms with Crippen molar-refractivity contribution in [3.8, 4) is 5.75 Å². The van der Waals surface area contributed by atoms with Gasteiger partial charge in [0.2, 0.25) is 10.0 Å². The Morgan fingerprint density at radius 1 is 1.12 bits per heavy atom. The van der Waals surface area contributed by atoms with Gasteiger partial charge in [0, 0.05) is 31.4 Å². The van der Waals surface area contributed by atoms with E-state index in [-0.39, 0.29) is 4.90 Å². The molecule has 0 bridgehead atoms. The SMILES string of the molecule is CCN(CC)S(=O)(=O)c1ccc(NCc2ccccc2OC)nc1. The number of methoxy groups -OCH3 is 1. The molecule has 0 aliphatic rings. The molecule has 1 aromatic carbocycles. The minimum atomic E-state index is -3.47. The molecule has 0 aliphatic heterocycles. The fraction of sp³-hybridized carbons (Fsp3) is 0.353. The average Bonchev–Trinajstić information content (AvgIpc) is 2.61. The molecule has 0 radical (unpaired) electrons. The van der Waals surface area contributed by atoms with Gasteiger partial charge in [-0.2, -0.15) is 4.31 Å². The maximum Gasteiger partial charge on any atom is 0.244 e. The quantitative estimate of drug-likeness (QED) is 0.793. The zero-order chi connectivity index (χ0) is 17.6. The van der Waals surface area contributed by atoms with E-state index in [0.29, 0.717) is 25.5 Å². The third-order valence-electron chi connectivity index (χ3n) is 3.73. The first kappa shape index (κ1) is 18.2. The number of para-hydroxylation sites is 1. The predicted molar refractivity (Wildman–Crippen MR) is 94.7 cm³/mol. The van der Waals surface area contributed by atoms with Crippen LogP contribution in [-0.4, -0.2) is 37.9 Å². The summed E-state index contributed by atoms with van der Waals surface area (Å²) in [6, 6.07) is 11.0. The first-order valence-electron chi connectivity index (χ1n) is 7.84. The zero-order valence-corrected chi connectivity index (χ0v) is 15.0. The van der Waals surface area contributed by atoms with Gasteiger partial charge >= 0.3 is 0 Å². The molecular weight excluding hydrogens is 326 g/mol. The lowest BCUT2D eigenvalue weighted by Gasteiger charge is -2.18. The summed E-state index contributed by atoms with van der Waals surface area (Å²) in [4.78, 5) is 4.41. The highest BCUT2D eigenvalue weighted by atomic mass is 32.2. The van der Waals surface area contributed by atoms with Gasteiger partial charge in [-0.3, -0.25) is 0 Å². The van der Waals surface area contributed by atoms with Gasteiger partial charge in [-0.25, -0.2) is 13.4 Å². The van der Waals surface area contributed by atoms with Gasteiger partial charge in [-0.05, 0) is 18.2 Å². The van der Waals surface area contributed by atoms with Gasteiger partial charge in [-0.1, -0.05) is 32.0 Å². The van der Waals surface area contributed by atoms with Gasteiger partial charge in [0.25, 0.3) is 0 Å². The molecule has 1 aromatic heterocycles. The molecule has 0 saturated heterocycles. The summed E-state index contributed by atoms with van der Waals surface area (Å²) < 4.78 is 31.5. The summed E-state index contributed by atoms with van der Waals surface area (Å²) in [5, 5.41) is 3.17. The Bertz CT molecular complexity index is 757. The van der Waals surface area contributed by atoms with Crippen LogP contribution in [0.15, 0.2) is 47.5 Å². The van der Waals surface area contributed by atoms with Crippen LogP contribution in [0.4, 0.5) is 5.82 Å². The smallest absolute Gasteiger partial charge is 0.244 e. The van der Waals surface area contributed by atoms with Crippen LogP contribution in [-0.2, 0) is 16.6 Å². The number of hydrogen-bond acceptors (Lipinski definition) is 5. The van der Waals surface area contributed by atoms with Gasteiger partial charge < -0.3 is 10.1 Å². The molecule has 0 unspecified atom stereocenters. The second-order valence-electron chi connectivity index (χ2n) is 5.13. The van der Waals surface area contributed by atoms with Gasteiger partial charge in [-0.15, -0.1) is 0 Å². The van der Waals surface area contributed by atoms with Crippen LogP contribution in [0.1, 0.15) is 19.4 Å². The maximum atomic E-state index is 12.4. The minimum absolute atomic E-state index is 0.203. The van der Waals surface area contributed by atoms with Crippen molar-refractivity contribution in [2.45, 2.75) is 25.3 Å². The lowest BCUT2D eigenvalue weighted by molar-refractivity contribution is 0.410. The summed E-state index contributed by atoms with van der Waals surface area (Å²) in [6.07, 6.45) is 1.39. The van der Waals surface area contributed by atoms with Crippen LogP contribution < -0.4 is 10.1 Å². The number of benzene rings is 1. The fourth-order valence-corrected chi connectivity index (χ4v) is 3.79. The normalized spacial score (nSPS) is 11.5. The molecule has 2 aromatic rings. The average molecular weight is 349 g/mol. The number of ether oxygens (including phenoxy) is 1. The minimum Gasteiger partial charge on any atom is -0.496 e. The highest BCUT2D eigenvalue weighted by Gasteiger charge is 2.21. The lowest BCUT2D eigenvalue weighted by atomic mass is 10.2. The number of rotatable bonds is 8. The van der Waals surface area contributed by atoms with Crippen LogP contribution in [0.2, 0.25) is 0 Å². The Balaban J connectivity index is 2.10. The number of nitrogens with zero attached hydrogens (tertiary/aromatic N) is 2. The first-order chi connectivity index (χ1) is 11.5. The van der Waals surface area contributed by atoms with E-state index in [1.54, 1.807) is 19.2 Å². The molecule has 0 amide bonds. The topological polar surface area (TPSA) is 71.5 Å². The van der Waals surface area contributed by atoms with E-state index >= 15 is 0 Å². The van der Waals surface area contributed by atoms with E-state index in [4.69, 9.17) is 4.74 Å². The third kappa shape index (κ3) is 4.04. The predicted octanol–water partition coefficient (Wildman–Crippen LogP) is 2.73. The molecule has 0 spiro atoms.